The van der Waals surface area contributed by atoms with E-state index in [-0.39, 0.29) is 17.1 Å². The fraction of sp³-hybridized carbons (Fsp3) is 0.625. The van der Waals surface area contributed by atoms with Crippen LogP contribution in [0.3, 0.4) is 0 Å². The van der Waals surface area contributed by atoms with Crippen molar-refractivity contribution in [3.05, 3.63) is 22.8 Å². The molecule has 0 spiro atoms. The Balaban J connectivity index is 1.57. The fourth-order valence-electron chi connectivity index (χ4n) is 3.28. The van der Waals surface area contributed by atoms with Crippen molar-refractivity contribution in [3.8, 4) is 0 Å². The quantitative estimate of drug-likeness (QED) is 0.859. The molecule has 1 aliphatic carbocycles. The van der Waals surface area contributed by atoms with Gasteiger partial charge < -0.3 is 15.1 Å². The molecular weight excluding hydrogens is 357 g/mol. The number of piperazine rings is 1. The minimum atomic E-state index is -4.47. The van der Waals surface area contributed by atoms with Gasteiger partial charge in [0, 0.05) is 38.4 Å². The van der Waals surface area contributed by atoms with Crippen molar-refractivity contribution in [1.82, 2.24) is 15.2 Å². The van der Waals surface area contributed by atoms with Crippen molar-refractivity contribution >= 4 is 23.4 Å². The lowest BCUT2D eigenvalue weighted by Crippen LogP contribution is -2.53. The van der Waals surface area contributed by atoms with Crippen LogP contribution in [0.1, 0.15) is 31.2 Å². The number of anilines is 1. The Bertz CT molecular complexity index is 626. The highest BCUT2D eigenvalue weighted by molar-refractivity contribution is 6.33. The summed E-state index contributed by atoms with van der Waals surface area (Å²) in [7, 11) is 0. The van der Waals surface area contributed by atoms with E-state index in [2.05, 4.69) is 10.3 Å². The number of aromatic nitrogens is 1. The van der Waals surface area contributed by atoms with Gasteiger partial charge in [0.15, 0.2) is 0 Å². The molecule has 0 unspecified atom stereocenters. The van der Waals surface area contributed by atoms with Crippen molar-refractivity contribution in [3.63, 3.8) is 0 Å². The maximum atomic E-state index is 12.7. The summed E-state index contributed by atoms with van der Waals surface area (Å²) >= 11 is 5.98. The number of urea groups is 1. The van der Waals surface area contributed by atoms with E-state index in [9.17, 15) is 18.0 Å². The summed E-state index contributed by atoms with van der Waals surface area (Å²) in [6, 6.07) is 1.08. The number of carbonyl (C=O) groups is 1. The van der Waals surface area contributed by atoms with Crippen LogP contribution in [0.2, 0.25) is 5.02 Å². The van der Waals surface area contributed by atoms with Crippen molar-refractivity contribution in [1.29, 1.82) is 0 Å². The lowest BCUT2D eigenvalue weighted by atomic mass is 10.2. The van der Waals surface area contributed by atoms with E-state index in [1.54, 1.807) is 4.90 Å². The zero-order chi connectivity index (χ0) is 18.0. The van der Waals surface area contributed by atoms with Gasteiger partial charge in [0.1, 0.15) is 5.82 Å². The highest BCUT2D eigenvalue weighted by Gasteiger charge is 2.32. The maximum absolute atomic E-state index is 12.7. The van der Waals surface area contributed by atoms with E-state index in [1.165, 1.54) is 0 Å². The fourth-order valence-corrected chi connectivity index (χ4v) is 3.56. The number of carbonyl (C=O) groups excluding carboxylic acids is 1. The number of rotatable bonds is 2. The topological polar surface area (TPSA) is 48.5 Å². The molecule has 1 aliphatic heterocycles. The van der Waals surface area contributed by atoms with E-state index >= 15 is 0 Å². The van der Waals surface area contributed by atoms with Crippen LogP contribution in [-0.2, 0) is 6.18 Å². The van der Waals surface area contributed by atoms with Gasteiger partial charge in [-0.25, -0.2) is 9.78 Å². The molecule has 1 saturated heterocycles. The summed E-state index contributed by atoms with van der Waals surface area (Å²) in [5, 5.41) is 3.01. The zero-order valence-electron chi connectivity index (χ0n) is 13.7. The van der Waals surface area contributed by atoms with Gasteiger partial charge in [-0.15, -0.1) is 0 Å². The van der Waals surface area contributed by atoms with Crippen LogP contribution in [0.25, 0.3) is 0 Å². The SMILES string of the molecule is O=C(NC1CCCC1)N1CCN(c2ncc(C(F)(F)F)cc2Cl)CC1. The maximum Gasteiger partial charge on any atom is 0.417 e. The molecule has 0 aromatic carbocycles. The molecule has 3 rings (SSSR count). The lowest BCUT2D eigenvalue weighted by Gasteiger charge is -2.36. The zero-order valence-corrected chi connectivity index (χ0v) is 14.4. The van der Waals surface area contributed by atoms with E-state index < -0.39 is 11.7 Å². The van der Waals surface area contributed by atoms with Crippen molar-refractivity contribution in [2.45, 2.75) is 37.9 Å². The number of pyridine rings is 1. The lowest BCUT2D eigenvalue weighted by molar-refractivity contribution is -0.137. The van der Waals surface area contributed by atoms with E-state index in [4.69, 9.17) is 11.6 Å². The molecule has 0 radical (unpaired) electrons. The number of hydrogen-bond donors (Lipinski definition) is 1. The van der Waals surface area contributed by atoms with Crippen LogP contribution < -0.4 is 10.2 Å². The molecular formula is C16H20ClF3N4O. The predicted octanol–water partition coefficient (Wildman–Crippen LogP) is 3.53. The highest BCUT2D eigenvalue weighted by Crippen LogP contribution is 2.33. The molecule has 1 N–H and O–H groups in total. The van der Waals surface area contributed by atoms with Gasteiger partial charge in [-0.1, -0.05) is 24.4 Å². The van der Waals surface area contributed by atoms with Crippen LogP contribution in [-0.4, -0.2) is 48.1 Å². The molecule has 0 bridgehead atoms. The minimum Gasteiger partial charge on any atom is -0.352 e. The summed E-state index contributed by atoms with van der Waals surface area (Å²) in [6.07, 6.45) is 0.674. The predicted molar refractivity (Wildman–Crippen MR) is 88.8 cm³/mol. The van der Waals surface area contributed by atoms with Crippen LogP contribution >= 0.6 is 11.6 Å². The summed E-state index contributed by atoms with van der Waals surface area (Å²) < 4.78 is 38.1. The standard InChI is InChI=1S/C16H20ClF3N4O/c17-13-9-11(16(18,19)20)10-21-14(13)23-5-7-24(8-6-23)15(25)22-12-3-1-2-4-12/h9-10,12H,1-8H2,(H,22,25). The Kier molecular flexibility index (Phi) is 5.27. The largest absolute Gasteiger partial charge is 0.417 e. The second kappa shape index (κ2) is 7.27. The monoisotopic (exact) mass is 376 g/mol. The van der Waals surface area contributed by atoms with Crippen LogP contribution in [0.5, 0.6) is 0 Å². The average Bonchev–Trinajstić information content (AvgIpc) is 3.07. The van der Waals surface area contributed by atoms with Gasteiger partial charge in [-0.2, -0.15) is 13.2 Å². The van der Waals surface area contributed by atoms with E-state index in [0.29, 0.717) is 32.0 Å². The number of nitrogens with one attached hydrogen (secondary N) is 1. The molecule has 2 fully saturated rings. The molecule has 1 saturated carbocycles. The highest BCUT2D eigenvalue weighted by atomic mass is 35.5. The molecule has 138 valence electrons. The molecule has 2 heterocycles. The van der Waals surface area contributed by atoms with Crippen LogP contribution in [0, 0.1) is 0 Å². The second-order valence-electron chi connectivity index (χ2n) is 6.43. The minimum absolute atomic E-state index is 0.0290. The Morgan fingerprint density at radius 2 is 1.84 bits per heavy atom. The molecule has 1 aromatic heterocycles. The summed E-state index contributed by atoms with van der Waals surface area (Å²) in [5.41, 5.74) is -0.865. The van der Waals surface area contributed by atoms with Gasteiger partial charge >= 0.3 is 12.2 Å². The first kappa shape index (κ1) is 18.1. The Labute approximate surface area is 149 Å². The normalized spacial score (nSPS) is 19.4. The molecule has 25 heavy (non-hydrogen) atoms. The average molecular weight is 377 g/mol. The third-order valence-electron chi connectivity index (χ3n) is 4.70. The van der Waals surface area contributed by atoms with Crippen molar-refractivity contribution in [2.75, 3.05) is 31.1 Å². The van der Waals surface area contributed by atoms with Gasteiger partial charge in [0.2, 0.25) is 0 Å². The Morgan fingerprint density at radius 1 is 1.20 bits per heavy atom. The summed E-state index contributed by atoms with van der Waals surface area (Å²) in [4.78, 5) is 19.7. The van der Waals surface area contributed by atoms with Gasteiger partial charge in [-0.3, -0.25) is 0 Å². The molecule has 2 amide bonds. The number of halogens is 4. The van der Waals surface area contributed by atoms with E-state index in [0.717, 1.165) is 37.9 Å². The number of hydrogen-bond acceptors (Lipinski definition) is 3. The molecule has 9 heteroatoms. The Hall–Kier alpha value is -1.70. The number of alkyl halides is 3. The molecule has 1 aromatic rings. The van der Waals surface area contributed by atoms with Crippen LogP contribution in [0.15, 0.2) is 12.3 Å². The number of amides is 2. The summed E-state index contributed by atoms with van der Waals surface area (Å²) in [6.45, 7) is 1.93. The van der Waals surface area contributed by atoms with Gasteiger partial charge in [0.25, 0.3) is 0 Å². The summed E-state index contributed by atoms with van der Waals surface area (Å²) in [5.74, 6) is 0.325. The molecule has 2 aliphatic rings. The van der Waals surface area contributed by atoms with E-state index in [1.807, 2.05) is 4.90 Å². The molecule has 0 atom stereocenters. The van der Waals surface area contributed by atoms with Crippen LogP contribution in [0.4, 0.5) is 23.8 Å². The number of nitrogens with zero attached hydrogens (tertiary/aromatic N) is 3. The third-order valence-corrected chi connectivity index (χ3v) is 4.98. The van der Waals surface area contributed by atoms with Crippen molar-refractivity contribution in [2.24, 2.45) is 0 Å². The first-order chi connectivity index (χ1) is 11.8. The first-order valence-corrected chi connectivity index (χ1v) is 8.75. The van der Waals surface area contributed by atoms with Gasteiger partial charge in [0.05, 0.1) is 10.6 Å². The Morgan fingerprint density at radius 3 is 2.40 bits per heavy atom. The smallest absolute Gasteiger partial charge is 0.352 e. The third kappa shape index (κ3) is 4.29. The molecule has 5 nitrogen and oxygen atoms in total. The second-order valence-corrected chi connectivity index (χ2v) is 6.84. The first-order valence-electron chi connectivity index (χ1n) is 8.38. The van der Waals surface area contributed by atoms with Crippen molar-refractivity contribution < 1.29 is 18.0 Å². The van der Waals surface area contributed by atoms with Gasteiger partial charge in [-0.05, 0) is 18.9 Å².